The first-order chi connectivity index (χ1) is 11.7. The Hall–Kier alpha value is -2.36. The van der Waals surface area contributed by atoms with Crippen LogP contribution in [-0.2, 0) is 11.3 Å². The Morgan fingerprint density at radius 2 is 1.83 bits per heavy atom. The van der Waals surface area contributed by atoms with E-state index < -0.39 is 0 Å². The van der Waals surface area contributed by atoms with E-state index in [1.165, 1.54) is 5.56 Å². The molecule has 0 atom stereocenters. The maximum atomic E-state index is 12.9. The number of fused-ring (bicyclic) bond motifs is 1. The van der Waals surface area contributed by atoms with Gasteiger partial charge in [-0.3, -0.25) is 4.79 Å². The molecule has 0 fully saturated rings. The molecule has 4 nitrogen and oxygen atoms in total. The molecule has 0 radical (unpaired) electrons. The van der Waals surface area contributed by atoms with Gasteiger partial charge in [0.2, 0.25) is 5.91 Å². The highest BCUT2D eigenvalue weighted by Gasteiger charge is 2.30. The number of rotatable bonds is 5. The van der Waals surface area contributed by atoms with Gasteiger partial charge in [-0.2, -0.15) is 0 Å². The molecule has 0 saturated carbocycles. The number of carbonyl (C=O) groups excluding carboxylic acids is 1. The van der Waals surface area contributed by atoms with Crippen molar-refractivity contribution < 1.29 is 4.79 Å². The number of pyridine rings is 1. The molecule has 3 rings (SSSR count). The van der Waals surface area contributed by atoms with E-state index in [0.29, 0.717) is 0 Å². The predicted molar refractivity (Wildman–Crippen MR) is 98.2 cm³/mol. The summed E-state index contributed by atoms with van der Waals surface area (Å²) in [5.41, 5.74) is 2.20. The van der Waals surface area contributed by atoms with Gasteiger partial charge in [0.15, 0.2) is 5.82 Å². The first-order valence-corrected chi connectivity index (χ1v) is 8.79. The van der Waals surface area contributed by atoms with Gasteiger partial charge in [-0.05, 0) is 30.5 Å². The van der Waals surface area contributed by atoms with Gasteiger partial charge in [-0.15, -0.1) is 0 Å². The van der Waals surface area contributed by atoms with E-state index in [1.807, 2.05) is 29.3 Å². The van der Waals surface area contributed by atoms with Gasteiger partial charge in [0, 0.05) is 31.7 Å². The summed E-state index contributed by atoms with van der Waals surface area (Å²) in [5.74, 6) is 1.24. The summed E-state index contributed by atoms with van der Waals surface area (Å²) in [7, 11) is 0. The Kier molecular flexibility index (Phi) is 5.14. The van der Waals surface area contributed by atoms with Crippen molar-refractivity contribution in [3.05, 3.63) is 54.2 Å². The molecule has 1 aliphatic heterocycles. The van der Waals surface area contributed by atoms with Gasteiger partial charge >= 0.3 is 0 Å². The Labute approximate surface area is 144 Å². The molecule has 0 N–H and O–H groups in total. The summed E-state index contributed by atoms with van der Waals surface area (Å²) in [5, 5.41) is 0. The maximum absolute atomic E-state index is 12.9. The highest BCUT2D eigenvalue weighted by molar-refractivity contribution is 5.98. The third-order valence-electron chi connectivity index (χ3n) is 4.77. The van der Waals surface area contributed by atoms with Crippen molar-refractivity contribution in [1.82, 2.24) is 4.98 Å². The second kappa shape index (κ2) is 7.47. The van der Waals surface area contributed by atoms with Gasteiger partial charge in [-0.1, -0.05) is 44.2 Å². The summed E-state index contributed by atoms with van der Waals surface area (Å²) in [6.07, 6.45) is 3.58. The standard InChI is InChI=1S/C20H25N3O/c1-3-17(4-2)20(24)23-14-13-22(15-16-9-6-5-7-10-16)19-18(23)11-8-12-21-19/h5-12,17H,3-4,13-15H2,1-2H3. The summed E-state index contributed by atoms with van der Waals surface area (Å²) >= 11 is 0. The second-order valence-corrected chi connectivity index (χ2v) is 6.26. The quantitative estimate of drug-likeness (QED) is 0.838. The van der Waals surface area contributed by atoms with Crippen molar-refractivity contribution >= 4 is 17.4 Å². The highest BCUT2D eigenvalue weighted by atomic mass is 16.2. The van der Waals surface area contributed by atoms with Crippen LogP contribution >= 0.6 is 0 Å². The molecule has 2 aromatic rings. The number of hydrogen-bond donors (Lipinski definition) is 0. The summed E-state index contributed by atoms with van der Waals surface area (Å²) < 4.78 is 0. The minimum atomic E-state index is 0.0960. The Balaban J connectivity index is 1.87. The van der Waals surface area contributed by atoms with E-state index >= 15 is 0 Å². The fourth-order valence-corrected chi connectivity index (χ4v) is 3.33. The van der Waals surface area contributed by atoms with E-state index in [9.17, 15) is 4.79 Å². The first kappa shape index (κ1) is 16.5. The largest absolute Gasteiger partial charge is 0.349 e. The number of benzene rings is 1. The van der Waals surface area contributed by atoms with Crippen LogP contribution in [0.25, 0.3) is 0 Å². The van der Waals surface area contributed by atoms with E-state index in [-0.39, 0.29) is 11.8 Å². The van der Waals surface area contributed by atoms with Gasteiger partial charge in [0.1, 0.15) is 0 Å². The van der Waals surface area contributed by atoms with Crippen molar-refractivity contribution in [1.29, 1.82) is 0 Å². The lowest BCUT2D eigenvalue weighted by Gasteiger charge is -2.38. The molecule has 126 valence electrons. The van der Waals surface area contributed by atoms with Crippen LogP contribution < -0.4 is 9.80 Å². The van der Waals surface area contributed by atoms with Crippen molar-refractivity contribution in [2.75, 3.05) is 22.9 Å². The van der Waals surface area contributed by atoms with Gasteiger partial charge in [0.05, 0.1) is 5.69 Å². The van der Waals surface area contributed by atoms with Crippen LogP contribution in [0.4, 0.5) is 11.5 Å². The molecule has 0 unspecified atom stereocenters. The number of amides is 1. The van der Waals surface area contributed by atoms with Gasteiger partial charge in [0.25, 0.3) is 0 Å². The van der Waals surface area contributed by atoms with E-state index in [0.717, 1.165) is 44.0 Å². The fraction of sp³-hybridized carbons (Fsp3) is 0.400. The maximum Gasteiger partial charge on any atom is 0.230 e. The SMILES string of the molecule is CCC(CC)C(=O)N1CCN(Cc2ccccc2)c2ncccc21. The number of anilines is 2. The monoisotopic (exact) mass is 323 g/mol. The van der Waals surface area contributed by atoms with Gasteiger partial charge < -0.3 is 9.80 Å². The van der Waals surface area contributed by atoms with E-state index in [4.69, 9.17) is 0 Å². The summed E-state index contributed by atoms with van der Waals surface area (Å²) in [4.78, 5) is 21.6. The molecule has 1 aromatic carbocycles. The highest BCUT2D eigenvalue weighted by Crippen LogP contribution is 2.33. The van der Waals surface area contributed by atoms with Crippen LogP contribution in [0.1, 0.15) is 32.3 Å². The summed E-state index contributed by atoms with van der Waals surface area (Å²) in [6.45, 7) is 6.52. The summed E-state index contributed by atoms with van der Waals surface area (Å²) in [6, 6.07) is 14.3. The Morgan fingerprint density at radius 1 is 1.08 bits per heavy atom. The molecule has 2 heterocycles. The Morgan fingerprint density at radius 3 is 2.54 bits per heavy atom. The zero-order valence-corrected chi connectivity index (χ0v) is 14.5. The van der Waals surface area contributed by atoms with Crippen molar-refractivity contribution in [2.24, 2.45) is 5.92 Å². The molecule has 4 heteroatoms. The molecular formula is C20H25N3O. The third-order valence-corrected chi connectivity index (χ3v) is 4.77. The van der Waals surface area contributed by atoms with Crippen LogP contribution in [0, 0.1) is 5.92 Å². The molecule has 0 aliphatic carbocycles. The zero-order valence-electron chi connectivity index (χ0n) is 14.5. The molecule has 1 aliphatic rings. The van der Waals surface area contributed by atoms with Crippen molar-refractivity contribution in [3.8, 4) is 0 Å². The minimum absolute atomic E-state index is 0.0960. The molecule has 0 bridgehead atoms. The minimum Gasteiger partial charge on any atom is -0.349 e. The van der Waals surface area contributed by atoms with Crippen molar-refractivity contribution in [2.45, 2.75) is 33.2 Å². The second-order valence-electron chi connectivity index (χ2n) is 6.26. The van der Waals surface area contributed by atoms with Crippen LogP contribution in [0.3, 0.4) is 0 Å². The fourth-order valence-electron chi connectivity index (χ4n) is 3.33. The molecule has 0 saturated heterocycles. The Bertz CT molecular complexity index is 682. The van der Waals surface area contributed by atoms with Gasteiger partial charge in [-0.25, -0.2) is 4.98 Å². The third kappa shape index (κ3) is 3.28. The van der Waals surface area contributed by atoms with Crippen LogP contribution in [-0.4, -0.2) is 24.0 Å². The van der Waals surface area contributed by atoms with Crippen LogP contribution in [0.5, 0.6) is 0 Å². The lowest BCUT2D eigenvalue weighted by atomic mass is 10.0. The lowest BCUT2D eigenvalue weighted by molar-refractivity contribution is -0.122. The van der Waals surface area contributed by atoms with Crippen LogP contribution in [0.2, 0.25) is 0 Å². The van der Waals surface area contributed by atoms with Crippen molar-refractivity contribution in [3.63, 3.8) is 0 Å². The molecule has 1 amide bonds. The first-order valence-electron chi connectivity index (χ1n) is 8.79. The number of carbonyl (C=O) groups is 1. The predicted octanol–water partition coefficient (Wildman–Crippen LogP) is 3.87. The average Bonchev–Trinajstić information content (AvgIpc) is 2.64. The smallest absolute Gasteiger partial charge is 0.230 e. The normalized spacial score (nSPS) is 14.0. The number of aromatic nitrogens is 1. The van der Waals surface area contributed by atoms with E-state index in [2.05, 4.69) is 48.0 Å². The topological polar surface area (TPSA) is 36.4 Å². The number of nitrogens with zero attached hydrogens (tertiary/aromatic N) is 3. The van der Waals surface area contributed by atoms with E-state index in [1.54, 1.807) is 0 Å². The molecule has 0 spiro atoms. The molecule has 24 heavy (non-hydrogen) atoms. The average molecular weight is 323 g/mol. The molecule has 1 aromatic heterocycles. The zero-order chi connectivity index (χ0) is 16.9. The molecular weight excluding hydrogens is 298 g/mol. The number of hydrogen-bond acceptors (Lipinski definition) is 3. The lowest BCUT2D eigenvalue weighted by Crippen LogP contribution is -2.46. The van der Waals surface area contributed by atoms with Crippen LogP contribution in [0.15, 0.2) is 48.7 Å².